The third-order valence-electron chi connectivity index (χ3n) is 8.17. The van der Waals surface area contributed by atoms with E-state index in [-0.39, 0.29) is 50.1 Å². The van der Waals surface area contributed by atoms with Gasteiger partial charge in [0.25, 0.3) is 0 Å². The molecule has 2 rings (SSSR count). The Hall–Kier alpha value is -2.00. The average Bonchev–Trinajstić information content (AvgIpc) is 2.86. The van der Waals surface area contributed by atoms with Gasteiger partial charge < -0.3 is 29.6 Å². The fourth-order valence-electron chi connectivity index (χ4n) is 6.33. The molecule has 38 heavy (non-hydrogen) atoms. The number of carbonyl (C=O) groups excluding carboxylic acids is 4. The van der Waals surface area contributed by atoms with E-state index in [0.29, 0.717) is 30.3 Å². The van der Waals surface area contributed by atoms with Gasteiger partial charge in [0.15, 0.2) is 0 Å². The quantitative estimate of drug-likeness (QED) is 0.183. The molecule has 0 heterocycles. The van der Waals surface area contributed by atoms with Crippen LogP contribution in [-0.4, -0.2) is 68.2 Å². The fourth-order valence-corrected chi connectivity index (χ4v) is 6.33. The van der Waals surface area contributed by atoms with E-state index in [0.717, 1.165) is 44.8 Å². The van der Waals surface area contributed by atoms with Crippen LogP contribution in [0.1, 0.15) is 92.4 Å². The van der Waals surface area contributed by atoms with Gasteiger partial charge in [-0.15, -0.1) is 0 Å². The molecule has 0 aromatic carbocycles. The maximum atomic E-state index is 12.5. The van der Waals surface area contributed by atoms with Crippen LogP contribution in [0.5, 0.6) is 0 Å². The molecule has 8 atom stereocenters. The van der Waals surface area contributed by atoms with E-state index in [1.54, 1.807) is 20.8 Å². The zero-order chi connectivity index (χ0) is 28.1. The maximum absolute atomic E-state index is 12.5. The molecule has 0 amide bonds. The molecule has 9 nitrogen and oxygen atoms in total. The second kappa shape index (κ2) is 16.9. The van der Waals surface area contributed by atoms with E-state index < -0.39 is 18.1 Å². The third-order valence-corrected chi connectivity index (χ3v) is 8.17. The lowest BCUT2D eigenvalue weighted by Gasteiger charge is -2.40. The van der Waals surface area contributed by atoms with Gasteiger partial charge in [0.1, 0.15) is 12.3 Å². The van der Waals surface area contributed by atoms with E-state index in [1.807, 2.05) is 0 Å². The van der Waals surface area contributed by atoms with E-state index >= 15 is 0 Å². The zero-order valence-corrected chi connectivity index (χ0v) is 24.0. The van der Waals surface area contributed by atoms with Gasteiger partial charge in [-0.3, -0.25) is 14.4 Å². The molecule has 218 valence electrons. The molecule has 2 saturated carbocycles. The molecule has 0 aromatic rings. The van der Waals surface area contributed by atoms with Crippen molar-refractivity contribution in [3.8, 4) is 0 Å². The van der Waals surface area contributed by atoms with E-state index in [4.69, 9.17) is 14.2 Å². The largest absolute Gasteiger partial charge is 0.466 e. The highest BCUT2D eigenvalue weighted by Crippen LogP contribution is 2.39. The Morgan fingerprint density at radius 1 is 0.763 bits per heavy atom. The van der Waals surface area contributed by atoms with Crippen molar-refractivity contribution in [2.45, 2.75) is 117 Å². The van der Waals surface area contributed by atoms with E-state index in [9.17, 15) is 19.2 Å². The van der Waals surface area contributed by atoms with Crippen LogP contribution in [0.4, 0.5) is 0 Å². The van der Waals surface area contributed by atoms with Gasteiger partial charge in [-0.05, 0) is 89.4 Å². The number of nitrogens with one attached hydrogen (secondary N) is 2. The monoisotopic (exact) mass is 538 g/mol. The number of rotatable bonds is 15. The molecule has 2 aliphatic carbocycles. The summed E-state index contributed by atoms with van der Waals surface area (Å²) in [5.74, 6) is 0.990. The van der Waals surface area contributed by atoms with Crippen LogP contribution < -0.4 is 10.6 Å². The Kier molecular flexibility index (Phi) is 14.3. The molecule has 8 unspecified atom stereocenters. The Labute approximate surface area is 228 Å². The van der Waals surface area contributed by atoms with Gasteiger partial charge in [0, 0.05) is 12.1 Å². The highest BCUT2D eigenvalue weighted by Gasteiger charge is 2.35. The minimum Gasteiger partial charge on any atom is -0.466 e. The Morgan fingerprint density at radius 2 is 1.26 bits per heavy atom. The Balaban J connectivity index is 1.82. The Morgan fingerprint density at radius 3 is 1.74 bits per heavy atom. The number of esters is 3. The number of aldehydes is 1. The molecule has 0 saturated heterocycles. The third kappa shape index (κ3) is 10.6. The minimum atomic E-state index is -0.680. The SMILES string of the molecule is CCOC(=O)CC(C=O)NC1CCC(CC2CCC(NC(CC(=O)OCC)C(=O)OCC)C(C)C2)CC1C. The molecule has 0 aromatic heterocycles. The molecular weight excluding hydrogens is 488 g/mol. The lowest BCUT2D eigenvalue weighted by Crippen LogP contribution is -2.50. The summed E-state index contributed by atoms with van der Waals surface area (Å²) in [7, 11) is 0. The molecular formula is C29H50N2O7. The molecule has 0 bridgehead atoms. The molecule has 0 aliphatic heterocycles. The minimum absolute atomic E-state index is 0.0146. The van der Waals surface area contributed by atoms with Gasteiger partial charge in [0.2, 0.25) is 0 Å². The predicted octanol–water partition coefficient (Wildman–Crippen LogP) is 3.57. The summed E-state index contributed by atoms with van der Waals surface area (Å²) in [6.45, 7) is 10.6. The number of hydrogen-bond acceptors (Lipinski definition) is 9. The normalized spacial score (nSPS) is 29.1. The highest BCUT2D eigenvalue weighted by molar-refractivity contribution is 5.82. The van der Waals surface area contributed by atoms with Crippen molar-refractivity contribution in [3.63, 3.8) is 0 Å². The van der Waals surface area contributed by atoms with Gasteiger partial charge in [-0.1, -0.05) is 13.8 Å². The average molecular weight is 539 g/mol. The van der Waals surface area contributed by atoms with Crippen molar-refractivity contribution in [1.29, 1.82) is 0 Å². The maximum Gasteiger partial charge on any atom is 0.323 e. The van der Waals surface area contributed by atoms with E-state index in [1.165, 1.54) is 6.42 Å². The van der Waals surface area contributed by atoms with Gasteiger partial charge >= 0.3 is 17.9 Å². The van der Waals surface area contributed by atoms with Crippen LogP contribution in [0.3, 0.4) is 0 Å². The molecule has 2 fully saturated rings. The summed E-state index contributed by atoms with van der Waals surface area (Å²) in [5, 5.41) is 6.81. The van der Waals surface area contributed by atoms with Crippen LogP contribution >= 0.6 is 0 Å². The molecule has 0 spiro atoms. The van der Waals surface area contributed by atoms with Crippen LogP contribution in [0.2, 0.25) is 0 Å². The van der Waals surface area contributed by atoms with E-state index in [2.05, 4.69) is 24.5 Å². The van der Waals surface area contributed by atoms with Crippen molar-refractivity contribution < 1.29 is 33.4 Å². The highest BCUT2D eigenvalue weighted by atomic mass is 16.5. The van der Waals surface area contributed by atoms with Crippen molar-refractivity contribution in [2.75, 3.05) is 19.8 Å². The van der Waals surface area contributed by atoms with Gasteiger partial charge in [-0.25, -0.2) is 0 Å². The van der Waals surface area contributed by atoms with Crippen molar-refractivity contribution in [1.82, 2.24) is 10.6 Å². The standard InChI is InChI=1S/C29H50N2O7/c1-6-36-27(33)16-23(18-32)30-24-11-9-21(13-19(24)4)15-22-10-12-25(20(5)14-22)31-26(29(35)38-8-3)17-28(34)37-7-2/h18-26,30-31H,6-17H2,1-5H3. The number of carbonyl (C=O) groups is 4. The number of ether oxygens (including phenoxy) is 3. The topological polar surface area (TPSA) is 120 Å². The predicted molar refractivity (Wildman–Crippen MR) is 144 cm³/mol. The van der Waals surface area contributed by atoms with Gasteiger partial charge in [-0.2, -0.15) is 0 Å². The van der Waals surface area contributed by atoms with Crippen molar-refractivity contribution in [2.24, 2.45) is 23.7 Å². The van der Waals surface area contributed by atoms with Crippen LogP contribution in [0, 0.1) is 23.7 Å². The second-order valence-electron chi connectivity index (χ2n) is 11.2. The summed E-state index contributed by atoms with van der Waals surface area (Å²) < 4.78 is 15.3. The first-order valence-corrected chi connectivity index (χ1v) is 14.7. The molecule has 9 heteroatoms. The van der Waals surface area contributed by atoms with Crippen LogP contribution in [0.25, 0.3) is 0 Å². The summed E-state index contributed by atoms with van der Waals surface area (Å²) in [4.78, 5) is 47.8. The molecule has 0 radical (unpaired) electrons. The summed E-state index contributed by atoms with van der Waals surface area (Å²) in [6.07, 6.45) is 8.45. The fraction of sp³-hybridized carbons (Fsp3) is 0.862. The first-order valence-electron chi connectivity index (χ1n) is 14.7. The summed E-state index contributed by atoms with van der Waals surface area (Å²) in [5.41, 5.74) is 0. The van der Waals surface area contributed by atoms with Crippen molar-refractivity contribution in [3.05, 3.63) is 0 Å². The lowest BCUT2D eigenvalue weighted by atomic mass is 9.70. The van der Waals surface area contributed by atoms with Gasteiger partial charge in [0.05, 0.1) is 38.7 Å². The lowest BCUT2D eigenvalue weighted by molar-refractivity contribution is -0.152. The first kappa shape index (κ1) is 32.2. The summed E-state index contributed by atoms with van der Waals surface area (Å²) >= 11 is 0. The van der Waals surface area contributed by atoms with Crippen LogP contribution in [-0.2, 0) is 33.4 Å². The zero-order valence-electron chi connectivity index (χ0n) is 24.0. The molecule has 2 aliphatic rings. The second-order valence-corrected chi connectivity index (χ2v) is 11.2. The Bertz CT molecular complexity index is 761. The first-order chi connectivity index (χ1) is 18.2. The van der Waals surface area contributed by atoms with Crippen LogP contribution in [0.15, 0.2) is 0 Å². The number of hydrogen-bond donors (Lipinski definition) is 2. The summed E-state index contributed by atoms with van der Waals surface area (Å²) in [6, 6.07) is -0.785. The molecule has 2 N–H and O–H groups in total. The smallest absolute Gasteiger partial charge is 0.323 e. The van der Waals surface area contributed by atoms with Crippen molar-refractivity contribution >= 4 is 24.2 Å².